The zero-order chi connectivity index (χ0) is 15.2. The largest absolute Gasteiger partial charge is 0.309 e. The Hall–Kier alpha value is -1.68. The Balaban J connectivity index is 1.93. The van der Waals surface area contributed by atoms with Gasteiger partial charge in [-0.25, -0.2) is 4.98 Å². The maximum absolute atomic E-state index is 12.0. The maximum atomic E-state index is 12.0. The quantitative estimate of drug-likeness (QED) is 0.851. The highest BCUT2D eigenvalue weighted by molar-refractivity contribution is 5.37. The number of pyridine rings is 1. The summed E-state index contributed by atoms with van der Waals surface area (Å²) in [6.45, 7) is 7.34. The van der Waals surface area contributed by atoms with Gasteiger partial charge in [-0.3, -0.25) is 9.20 Å². The van der Waals surface area contributed by atoms with Crippen LogP contribution >= 0.6 is 0 Å². The van der Waals surface area contributed by atoms with Crippen LogP contribution in [0.5, 0.6) is 0 Å². The van der Waals surface area contributed by atoms with Crippen molar-refractivity contribution in [3.63, 3.8) is 0 Å². The minimum atomic E-state index is -0.0233. The lowest BCUT2D eigenvalue weighted by Crippen LogP contribution is -2.27. The van der Waals surface area contributed by atoms with E-state index in [2.05, 4.69) is 31.1 Å². The molecule has 4 nitrogen and oxygen atoms in total. The zero-order valence-electron chi connectivity index (χ0n) is 13.2. The van der Waals surface area contributed by atoms with E-state index in [9.17, 15) is 4.79 Å². The first-order chi connectivity index (χ1) is 10.1. The van der Waals surface area contributed by atoms with Gasteiger partial charge in [0.25, 0.3) is 5.56 Å². The number of nitrogens with one attached hydrogen (secondary N) is 1. The second-order valence-electron chi connectivity index (χ2n) is 6.12. The van der Waals surface area contributed by atoms with Gasteiger partial charge in [-0.15, -0.1) is 0 Å². The molecular weight excluding hydrogens is 262 g/mol. The van der Waals surface area contributed by atoms with E-state index >= 15 is 0 Å². The first-order valence-corrected chi connectivity index (χ1v) is 7.77. The van der Waals surface area contributed by atoms with Gasteiger partial charge in [0.2, 0.25) is 0 Å². The number of fused-ring (bicyclic) bond motifs is 1. The Kier molecular flexibility index (Phi) is 5.51. The van der Waals surface area contributed by atoms with Crippen LogP contribution in [0.25, 0.3) is 5.65 Å². The summed E-state index contributed by atoms with van der Waals surface area (Å²) in [4.78, 5) is 16.5. The second kappa shape index (κ2) is 7.36. The number of rotatable bonds is 7. The van der Waals surface area contributed by atoms with Crippen molar-refractivity contribution in [3.05, 3.63) is 46.5 Å². The van der Waals surface area contributed by atoms with Crippen molar-refractivity contribution >= 4 is 5.65 Å². The fourth-order valence-electron chi connectivity index (χ4n) is 2.41. The van der Waals surface area contributed by atoms with Crippen molar-refractivity contribution in [2.45, 2.75) is 52.6 Å². The molecule has 1 N–H and O–H groups in total. The number of hydrogen-bond acceptors (Lipinski definition) is 3. The summed E-state index contributed by atoms with van der Waals surface area (Å²) in [7, 11) is 0. The molecule has 1 atom stereocenters. The van der Waals surface area contributed by atoms with Crippen molar-refractivity contribution in [3.8, 4) is 0 Å². The fraction of sp³-hybridized carbons (Fsp3) is 0.529. The third kappa shape index (κ3) is 4.67. The summed E-state index contributed by atoms with van der Waals surface area (Å²) in [6, 6.07) is 7.65. The lowest BCUT2D eigenvalue weighted by molar-refractivity contribution is 0.455. The van der Waals surface area contributed by atoms with E-state index in [4.69, 9.17) is 0 Å². The summed E-state index contributed by atoms with van der Waals surface area (Å²) in [5, 5.41) is 3.45. The molecule has 0 amide bonds. The van der Waals surface area contributed by atoms with Gasteiger partial charge in [-0.05, 0) is 31.4 Å². The SMILES string of the molecule is CC(C)CCCC(C)NCc1cc(=O)n2ccccc2n1. The second-order valence-corrected chi connectivity index (χ2v) is 6.12. The van der Waals surface area contributed by atoms with Gasteiger partial charge in [0.15, 0.2) is 0 Å². The molecular formula is C17H25N3O. The normalized spacial score (nSPS) is 13.0. The first kappa shape index (κ1) is 15.7. The lowest BCUT2D eigenvalue weighted by Gasteiger charge is -2.14. The molecule has 0 spiro atoms. The van der Waals surface area contributed by atoms with Crippen molar-refractivity contribution in [2.75, 3.05) is 0 Å². The average Bonchev–Trinajstić information content (AvgIpc) is 2.45. The first-order valence-electron chi connectivity index (χ1n) is 7.77. The Bertz CT molecular complexity index is 633. The van der Waals surface area contributed by atoms with Crippen molar-refractivity contribution in [2.24, 2.45) is 5.92 Å². The molecule has 2 heterocycles. The molecule has 0 radical (unpaired) electrons. The highest BCUT2D eigenvalue weighted by Crippen LogP contribution is 2.08. The molecule has 0 fully saturated rings. The Morgan fingerprint density at radius 3 is 2.81 bits per heavy atom. The van der Waals surface area contributed by atoms with E-state index in [0.29, 0.717) is 18.2 Å². The van der Waals surface area contributed by atoms with E-state index in [0.717, 1.165) is 18.0 Å². The van der Waals surface area contributed by atoms with Crippen LogP contribution in [0.2, 0.25) is 0 Å². The predicted octanol–water partition coefficient (Wildman–Crippen LogP) is 3.00. The van der Waals surface area contributed by atoms with Crippen LogP contribution in [0.1, 0.15) is 45.7 Å². The molecule has 0 aliphatic heterocycles. The minimum absolute atomic E-state index is 0.0233. The molecule has 0 aliphatic rings. The van der Waals surface area contributed by atoms with Crippen molar-refractivity contribution in [1.29, 1.82) is 0 Å². The van der Waals surface area contributed by atoms with Crippen LogP contribution in [-0.4, -0.2) is 15.4 Å². The van der Waals surface area contributed by atoms with E-state index in [-0.39, 0.29) is 5.56 Å². The Morgan fingerprint density at radius 1 is 1.24 bits per heavy atom. The fourth-order valence-corrected chi connectivity index (χ4v) is 2.41. The third-order valence-corrected chi connectivity index (χ3v) is 3.67. The van der Waals surface area contributed by atoms with E-state index in [1.54, 1.807) is 16.7 Å². The van der Waals surface area contributed by atoms with Gasteiger partial charge in [-0.1, -0.05) is 32.8 Å². The monoisotopic (exact) mass is 287 g/mol. The van der Waals surface area contributed by atoms with Crippen molar-refractivity contribution in [1.82, 2.24) is 14.7 Å². The van der Waals surface area contributed by atoms with E-state index < -0.39 is 0 Å². The molecule has 0 aromatic carbocycles. The summed E-state index contributed by atoms with van der Waals surface area (Å²) >= 11 is 0. The molecule has 4 heteroatoms. The van der Waals surface area contributed by atoms with E-state index in [1.165, 1.54) is 12.8 Å². The van der Waals surface area contributed by atoms with Crippen LogP contribution in [0.3, 0.4) is 0 Å². The molecule has 2 aromatic heterocycles. The minimum Gasteiger partial charge on any atom is -0.309 e. The predicted molar refractivity (Wildman–Crippen MR) is 86.5 cm³/mol. The van der Waals surface area contributed by atoms with E-state index in [1.807, 2.05) is 18.2 Å². The average molecular weight is 287 g/mol. The van der Waals surface area contributed by atoms with Gasteiger partial charge >= 0.3 is 0 Å². The summed E-state index contributed by atoms with van der Waals surface area (Å²) < 4.78 is 1.57. The van der Waals surface area contributed by atoms with Gasteiger partial charge in [0, 0.05) is 24.8 Å². The van der Waals surface area contributed by atoms with Crippen LogP contribution in [0, 0.1) is 5.92 Å². The maximum Gasteiger partial charge on any atom is 0.258 e. The number of aromatic nitrogens is 2. The third-order valence-electron chi connectivity index (χ3n) is 3.67. The molecule has 0 saturated heterocycles. The Labute approximate surface area is 126 Å². The Morgan fingerprint density at radius 2 is 2.05 bits per heavy atom. The molecule has 0 aliphatic carbocycles. The van der Waals surface area contributed by atoms with Gasteiger partial charge in [0.1, 0.15) is 5.65 Å². The molecule has 0 saturated carbocycles. The van der Waals surface area contributed by atoms with Gasteiger partial charge < -0.3 is 5.32 Å². The smallest absolute Gasteiger partial charge is 0.258 e. The number of hydrogen-bond donors (Lipinski definition) is 1. The molecule has 2 aromatic rings. The van der Waals surface area contributed by atoms with Crippen LogP contribution < -0.4 is 10.9 Å². The van der Waals surface area contributed by atoms with Gasteiger partial charge in [0.05, 0.1) is 5.69 Å². The van der Waals surface area contributed by atoms with Gasteiger partial charge in [-0.2, -0.15) is 0 Å². The summed E-state index contributed by atoms with van der Waals surface area (Å²) in [6.07, 6.45) is 5.41. The molecule has 2 rings (SSSR count). The topological polar surface area (TPSA) is 46.4 Å². The summed E-state index contributed by atoms with van der Waals surface area (Å²) in [5.74, 6) is 0.763. The molecule has 0 bridgehead atoms. The number of nitrogens with zero attached hydrogens (tertiary/aromatic N) is 2. The summed E-state index contributed by atoms with van der Waals surface area (Å²) in [5.41, 5.74) is 1.49. The zero-order valence-corrected chi connectivity index (χ0v) is 13.2. The molecule has 114 valence electrons. The highest BCUT2D eigenvalue weighted by atomic mass is 16.1. The van der Waals surface area contributed by atoms with Crippen LogP contribution in [0.4, 0.5) is 0 Å². The van der Waals surface area contributed by atoms with Crippen molar-refractivity contribution < 1.29 is 0 Å². The highest BCUT2D eigenvalue weighted by Gasteiger charge is 2.05. The lowest BCUT2D eigenvalue weighted by atomic mass is 10.0. The molecule has 21 heavy (non-hydrogen) atoms. The standard InChI is InChI=1S/C17H25N3O/c1-13(2)7-6-8-14(3)18-12-15-11-17(21)20-10-5-4-9-16(20)19-15/h4-5,9-11,13-14,18H,6-8,12H2,1-3H3. The van der Waals surface area contributed by atoms with Crippen LogP contribution in [0.15, 0.2) is 35.3 Å². The van der Waals surface area contributed by atoms with Crippen LogP contribution in [-0.2, 0) is 6.54 Å². The molecule has 1 unspecified atom stereocenters.